The molecule has 0 N–H and O–H groups in total. The third kappa shape index (κ3) is 2.53. The van der Waals surface area contributed by atoms with Gasteiger partial charge in [0, 0.05) is 12.6 Å². The van der Waals surface area contributed by atoms with E-state index in [0.29, 0.717) is 6.04 Å². The highest BCUT2D eigenvalue weighted by Gasteiger charge is 2.27. The molecule has 0 heterocycles. The average Bonchev–Trinajstić information content (AvgIpc) is 3.03. The molecule has 1 aliphatic carbocycles. The zero-order valence-electron chi connectivity index (χ0n) is 8.84. The highest BCUT2D eigenvalue weighted by Crippen LogP contribution is 2.28. The summed E-state index contributed by atoms with van der Waals surface area (Å²) in [6, 6.07) is 4.80. The van der Waals surface area contributed by atoms with Crippen LogP contribution in [0.5, 0.6) is 0 Å². The monoisotopic (exact) mass is 211 g/mol. The van der Waals surface area contributed by atoms with Crippen molar-refractivity contribution in [1.29, 1.82) is 0 Å². The van der Waals surface area contributed by atoms with E-state index in [1.807, 2.05) is 0 Å². The van der Waals surface area contributed by atoms with Crippen LogP contribution in [0.15, 0.2) is 18.2 Å². The Bertz CT molecular complexity index is 347. The van der Waals surface area contributed by atoms with Gasteiger partial charge in [-0.15, -0.1) is 0 Å². The zero-order chi connectivity index (χ0) is 10.8. The molecule has 0 unspecified atom stereocenters. The second-order valence-corrected chi connectivity index (χ2v) is 4.04. The van der Waals surface area contributed by atoms with Gasteiger partial charge in [-0.25, -0.2) is 8.78 Å². The molecule has 1 aliphatic rings. The van der Waals surface area contributed by atoms with E-state index in [0.717, 1.165) is 18.7 Å². The number of halogens is 2. The van der Waals surface area contributed by atoms with Crippen molar-refractivity contribution in [3.05, 3.63) is 35.4 Å². The molecule has 0 aliphatic heterocycles. The summed E-state index contributed by atoms with van der Waals surface area (Å²) in [4.78, 5) is 2.30. The molecule has 0 saturated heterocycles. The van der Waals surface area contributed by atoms with Gasteiger partial charge in [0.15, 0.2) is 11.6 Å². The summed E-state index contributed by atoms with van der Waals surface area (Å²) in [5.74, 6) is -1.52. The quantitative estimate of drug-likeness (QED) is 0.740. The van der Waals surface area contributed by atoms with Crippen molar-refractivity contribution < 1.29 is 8.78 Å². The molecule has 1 nitrogen and oxygen atoms in total. The number of benzene rings is 1. The molecule has 0 atom stereocenters. The topological polar surface area (TPSA) is 3.24 Å². The van der Waals surface area contributed by atoms with E-state index in [-0.39, 0.29) is 0 Å². The fourth-order valence-corrected chi connectivity index (χ4v) is 1.81. The van der Waals surface area contributed by atoms with Crippen molar-refractivity contribution in [2.75, 3.05) is 6.54 Å². The number of nitrogens with zero attached hydrogens (tertiary/aromatic N) is 1. The lowest BCUT2D eigenvalue weighted by Crippen LogP contribution is -2.25. The van der Waals surface area contributed by atoms with E-state index in [1.54, 1.807) is 6.07 Å². The number of hydrogen-bond donors (Lipinski definition) is 0. The third-order valence-electron chi connectivity index (χ3n) is 2.84. The Morgan fingerprint density at radius 1 is 1.27 bits per heavy atom. The summed E-state index contributed by atoms with van der Waals surface area (Å²) in [5, 5.41) is 0. The van der Waals surface area contributed by atoms with Gasteiger partial charge in [-0.2, -0.15) is 0 Å². The molecule has 0 spiro atoms. The third-order valence-corrected chi connectivity index (χ3v) is 2.84. The van der Waals surface area contributed by atoms with E-state index in [1.165, 1.54) is 25.0 Å². The lowest BCUT2D eigenvalue weighted by molar-refractivity contribution is 0.268. The molecule has 0 amide bonds. The van der Waals surface area contributed by atoms with Crippen molar-refractivity contribution in [3.8, 4) is 0 Å². The molecular formula is C12H15F2N. The molecule has 82 valence electrons. The molecule has 15 heavy (non-hydrogen) atoms. The molecule has 1 aromatic carbocycles. The van der Waals surface area contributed by atoms with Gasteiger partial charge in [-0.1, -0.05) is 13.0 Å². The van der Waals surface area contributed by atoms with Crippen molar-refractivity contribution in [2.24, 2.45) is 0 Å². The smallest absolute Gasteiger partial charge is 0.159 e. The molecule has 2 rings (SSSR count). The van der Waals surface area contributed by atoms with E-state index < -0.39 is 11.6 Å². The molecule has 0 radical (unpaired) electrons. The highest BCUT2D eigenvalue weighted by atomic mass is 19.2. The fraction of sp³-hybridized carbons (Fsp3) is 0.500. The van der Waals surface area contributed by atoms with Crippen LogP contribution in [-0.2, 0) is 6.54 Å². The van der Waals surface area contributed by atoms with E-state index in [2.05, 4.69) is 11.8 Å². The zero-order valence-corrected chi connectivity index (χ0v) is 8.84. The summed E-state index contributed by atoms with van der Waals surface area (Å²) in [5.41, 5.74) is 0.850. The van der Waals surface area contributed by atoms with Gasteiger partial charge in [0.05, 0.1) is 0 Å². The number of rotatable bonds is 4. The van der Waals surface area contributed by atoms with Crippen molar-refractivity contribution in [1.82, 2.24) is 4.90 Å². The molecule has 0 aromatic heterocycles. The largest absolute Gasteiger partial charge is 0.296 e. The minimum Gasteiger partial charge on any atom is -0.296 e. The molecule has 3 heteroatoms. The fourth-order valence-electron chi connectivity index (χ4n) is 1.81. The summed E-state index contributed by atoms with van der Waals surface area (Å²) >= 11 is 0. The molecule has 1 saturated carbocycles. The van der Waals surface area contributed by atoms with Gasteiger partial charge in [-0.3, -0.25) is 4.90 Å². The first-order valence-electron chi connectivity index (χ1n) is 5.38. The minimum atomic E-state index is -0.770. The lowest BCUT2D eigenvalue weighted by atomic mass is 10.2. The maximum atomic E-state index is 13.0. The van der Waals surface area contributed by atoms with Crippen LogP contribution in [-0.4, -0.2) is 17.5 Å². The molecular weight excluding hydrogens is 196 g/mol. The van der Waals surface area contributed by atoms with Crippen LogP contribution in [0.2, 0.25) is 0 Å². The second-order valence-electron chi connectivity index (χ2n) is 4.04. The Kier molecular flexibility index (Phi) is 3.00. The van der Waals surface area contributed by atoms with Gasteiger partial charge >= 0.3 is 0 Å². The lowest BCUT2D eigenvalue weighted by Gasteiger charge is -2.19. The highest BCUT2D eigenvalue weighted by molar-refractivity contribution is 5.18. The van der Waals surface area contributed by atoms with Crippen LogP contribution in [0, 0.1) is 11.6 Å². The summed E-state index contributed by atoms with van der Waals surface area (Å²) in [7, 11) is 0. The first kappa shape index (κ1) is 10.6. The van der Waals surface area contributed by atoms with Gasteiger partial charge in [0.1, 0.15) is 0 Å². The van der Waals surface area contributed by atoms with Crippen LogP contribution in [0.4, 0.5) is 8.78 Å². The SMILES string of the molecule is CCN(Cc1ccc(F)c(F)c1)C1CC1. The van der Waals surface area contributed by atoms with Crippen LogP contribution in [0.25, 0.3) is 0 Å². The van der Waals surface area contributed by atoms with Crippen molar-refractivity contribution >= 4 is 0 Å². The van der Waals surface area contributed by atoms with Gasteiger partial charge < -0.3 is 0 Å². The summed E-state index contributed by atoms with van der Waals surface area (Å²) < 4.78 is 25.7. The molecule has 1 aromatic rings. The van der Waals surface area contributed by atoms with E-state index in [9.17, 15) is 8.78 Å². The first-order chi connectivity index (χ1) is 7.20. The van der Waals surface area contributed by atoms with Crippen molar-refractivity contribution in [2.45, 2.75) is 32.4 Å². The van der Waals surface area contributed by atoms with Crippen molar-refractivity contribution in [3.63, 3.8) is 0 Å². The average molecular weight is 211 g/mol. The Balaban J connectivity index is 2.05. The minimum absolute atomic E-state index is 0.656. The van der Waals surface area contributed by atoms with Crippen LogP contribution in [0.3, 0.4) is 0 Å². The van der Waals surface area contributed by atoms with E-state index >= 15 is 0 Å². The van der Waals surface area contributed by atoms with Crippen LogP contribution in [0.1, 0.15) is 25.3 Å². The Morgan fingerprint density at radius 3 is 2.53 bits per heavy atom. The second kappa shape index (κ2) is 4.27. The summed E-state index contributed by atoms with van der Waals surface area (Å²) in [6.45, 7) is 3.78. The van der Waals surface area contributed by atoms with E-state index in [4.69, 9.17) is 0 Å². The van der Waals surface area contributed by atoms with Crippen LogP contribution < -0.4 is 0 Å². The Hall–Kier alpha value is -0.960. The van der Waals surface area contributed by atoms with Crippen LogP contribution >= 0.6 is 0 Å². The predicted octanol–water partition coefficient (Wildman–Crippen LogP) is 2.95. The normalized spacial score (nSPS) is 16.0. The molecule has 0 bridgehead atoms. The standard InChI is InChI=1S/C12H15F2N/c1-2-15(10-4-5-10)8-9-3-6-11(13)12(14)7-9/h3,6-7,10H,2,4-5,8H2,1H3. The Morgan fingerprint density at radius 2 is 2.00 bits per heavy atom. The first-order valence-corrected chi connectivity index (χ1v) is 5.38. The van der Waals surface area contributed by atoms with Gasteiger partial charge in [0.25, 0.3) is 0 Å². The van der Waals surface area contributed by atoms with Gasteiger partial charge in [0.2, 0.25) is 0 Å². The number of hydrogen-bond acceptors (Lipinski definition) is 1. The van der Waals surface area contributed by atoms with Gasteiger partial charge in [-0.05, 0) is 37.1 Å². The Labute approximate surface area is 88.7 Å². The summed E-state index contributed by atoms with van der Waals surface area (Å²) in [6.07, 6.45) is 2.47. The predicted molar refractivity (Wildman–Crippen MR) is 55.5 cm³/mol. The maximum absolute atomic E-state index is 13.0. The molecule has 1 fully saturated rings. The maximum Gasteiger partial charge on any atom is 0.159 e.